The largest absolute Gasteiger partial charge is 0.493 e. The quantitative estimate of drug-likeness (QED) is 0.791. The van der Waals surface area contributed by atoms with Crippen molar-refractivity contribution in [1.82, 2.24) is 0 Å². The maximum absolute atomic E-state index is 9.49. The molecule has 0 fully saturated rings. The first-order chi connectivity index (χ1) is 10.3. The summed E-state index contributed by atoms with van der Waals surface area (Å²) in [6.45, 7) is 4.19. The molecule has 0 saturated carbocycles. The van der Waals surface area contributed by atoms with Gasteiger partial charge >= 0.3 is 0 Å². The highest BCUT2D eigenvalue weighted by molar-refractivity contribution is 5.51. The lowest BCUT2D eigenvalue weighted by atomic mass is 10.0. The summed E-state index contributed by atoms with van der Waals surface area (Å²) in [6.07, 6.45) is 2.42. The standard InChI is InChI=1S/C18H20O3/c1-3-7-16-15(12-19)10-11-17(20-2)18(16)21-13-14-8-5-4-6-9-14/h3-6,8-11,19H,1,7,12-13H2,2H3. The molecule has 0 atom stereocenters. The number of ether oxygens (including phenoxy) is 2. The molecule has 21 heavy (non-hydrogen) atoms. The van der Waals surface area contributed by atoms with E-state index >= 15 is 0 Å². The summed E-state index contributed by atoms with van der Waals surface area (Å²) in [4.78, 5) is 0. The molecule has 0 saturated heterocycles. The third-order valence-corrected chi connectivity index (χ3v) is 3.29. The molecule has 0 spiro atoms. The minimum absolute atomic E-state index is 0.0329. The molecular formula is C18H20O3. The van der Waals surface area contributed by atoms with E-state index in [4.69, 9.17) is 9.47 Å². The predicted octanol–water partition coefficient (Wildman–Crippen LogP) is 3.50. The van der Waals surface area contributed by atoms with E-state index in [1.807, 2.05) is 42.5 Å². The maximum Gasteiger partial charge on any atom is 0.165 e. The van der Waals surface area contributed by atoms with Crippen LogP contribution in [0.5, 0.6) is 11.5 Å². The first kappa shape index (κ1) is 15.1. The minimum atomic E-state index is -0.0329. The second-order valence-corrected chi connectivity index (χ2v) is 4.66. The van der Waals surface area contributed by atoms with Crippen molar-refractivity contribution in [3.8, 4) is 11.5 Å². The fourth-order valence-electron chi connectivity index (χ4n) is 2.21. The summed E-state index contributed by atoms with van der Waals surface area (Å²) in [5.74, 6) is 1.34. The Morgan fingerprint density at radius 3 is 2.52 bits per heavy atom. The van der Waals surface area contributed by atoms with E-state index < -0.39 is 0 Å². The third kappa shape index (κ3) is 3.64. The first-order valence-electron chi connectivity index (χ1n) is 6.87. The molecule has 0 aliphatic carbocycles. The summed E-state index contributed by atoms with van der Waals surface area (Å²) in [5, 5.41) is 9.49. The molecule has 2 aromatic carbocycles. The molecule has 2 aromatic rings. The van der Waals surface area contributed by atoms with Crippen LogP contribution < -0.4 is 9.47 Å². The number of methoxy groups -OCH3 is 1. The van der Waals surface area contributed by atoms with Gasteiger partial charge in [0.25, 0.3) is 0 Å². The highest BCUT2D eigenvalue weighted by atomic mass is 16.5. The maximum atomic E-state index is 9.49. The van der Waals surface area contributed by atoms with Gasteiger partial charge in [-0.05, 0) is 23.6 Å². The Bertz CT molecular complexity index is 591. The third-order valence-electron chi connectivity index (χ3n) is 3.29. The Labute approximate surface area is 125 Å². The van der Waals surface area contributed by atoms with Crippen molar-refractivity contribution < 1.29 is 14.6 Å². The van der Waals surface area contributed by atoms with Gasteiger partial charge in [-0.3, -0.25) is 0 Å². The molecule has 1 N–H and O–H groups in total. The number of allylic oxidation sites excluding steroid dienone is 1. The molecule has 3 nitrogen and oxygen atoms in total. The first-order valence-corrected chi connectivity index (χ1v) is 6.87. The van der Waals surface area contributed by atoms with Crippen molar-refractivity contribution >= 4 is 0 Å². The number of benzene rings is 2. The zero-order valence-electron chi connectivity index (χ0n) is 12.2. The number of hydrogen-bond acceptors (Lipinski definition) is 3. The van der Waals surface area contributed by atoms with Crippen LogP contribution in [0.15, 0.2) is 55.1 Å². The predicted molar refractivity (Wildman–Crippen MR) is 83.6 cm³/mol. The van der Waals surface area contributed by atoms with Gasteiger partial charge in [-0.15, -0.1) is 6.58 Å². The number of aliphatic hydroxyl groups is 1. The van der Waals surface area contributed by atoms with Crippen molar-refractivity contribution in [1.29, 1.82) is 0 Å². The van der Waals surface area contributed by atoms with E-state index in [1.165, 1.54) is 0 Å². The lowest BCUT2D eigenvalue weighted by Crippen LogP contribution is -2.04. The van der Waals surface area contributed by atoms with Crippen LogP contribution in [0.4, 0.5) is 0 Å². The summed E-state index contributed by atoms with van der Waals surface area (Å²) < 4.78 is 11.3. The van der Waals surface area contributed by atoms with Crippen LogP contribution in [0.25, 0.3) is 0 Å². The van der Waals surface area contributed by atoms with E-state index in [0.29, 0.717) is 24.5 Å². The highest BCUT2D eigenvalue weighted by Crippen LogP contribution is 2.35. The zero-order chi connectivity index (χ0) is 15.1. The van der Waals surface area contributed by atoms with E-state index in [1.54, 1.807) is 13.2 Å². The van der Waals surface area contributed by atoms with Crippen LogP contribution in [0.1, 0.15) is 16.7 Å². The Morgan fingerprint density at radius 1 is 1.14 bits per heavy atom. The lowest BCUT2D eigenvalue weighted by Gasteiger charge is -2.17. The average molecular weight is 284 g/mol. The van der Waals surface area contributed by atoms with Crippen molar-refractivity contribution in [3.63, 3.8) is 0 Å². The van der Waals surface area contributed by atoms with Gasteiger partial charge in [0.15, 0.2) is 11.5 Å². The molecule has 0 aliphatic heterocycles. The molecule has 0 aromatic heterocycles. The fraction of sp³-hybridized carbons (Fsp3) is 0.222. The van der Waals surface area contributed by atoms with Gasteiger partial charge in [-0.1, -0.05) is 42.5 Å². The second kappa shape index (κ2) is 7.50. The SMILES string of the molecule is C=CCc1c(CO)ccc(OC)c1OCc1ccccc1. The summed E-state index contributed by atoms with van der Waals surface area (Å²) in [5.41, 5.74) is 2.83. The van der Waals surface area contributed by atoms with Gasteiger partial charge in [0.2, 0.25) is 0 Å². The average Bonchev–Trinajstić information content (AvgIpc) is 2.54. The van der Waals surface area contributed by atoms with Crippen LogP contribution >= 0.6 is 0 Å². The van der Waals surface area contributed by atoms with Crippen LogP contribution in [-0.4, -0.2) is 12.2 Å². The van der Waals surface area contributed by atoms with Gasteiger partial charge in [-0.25, -0.2) is 0 Å². The van der Waals surface area contributed by atoms with Gasteiger partial charge in [0.05, 0.1) is 13.7 Å². The summed E-state index contributed by atoms with van der Waals surface area (Å²) in [6, 6.07) is 13.6. The van der Waals surface area contributed by atoms with Crippen molar-refractivity contribution in [3.05, 3.63) is 71.8 Å². The van der Waals surface area contributed by atoms with Gasteiger partial charge in [-0.2, -0.15) is 0 Å². The van der Waals surface area contributed by atoms with Crippen LogP contribution in [0.3, 0.4) is 0 Å². The molecule has 0 amide bonds. The highest BCUT2D eigenvalue weighted by Gasteiger charge is 2.14. The second-order valence-electron chi connectivity index (χ2n) is 4.66. The number of hydrogen-bond donors (Lipinski definition) is 1. The Kier molecular flexibility index (Phi) is 5.41. The summed E-state index contributed by atoms with van der Waals surface area (Å²) in [7, 11) is 1.61. The molecule has 110 valence electrons. The Hall–Kier alpha value is -2.26. The van der Waals surface area contributed by atoms with Crippen LogP contribution in [0.2, 0.25) is 0 Å². The molecule has 0 bridgehead atoms. The van der Waals surface area contributed by atoms with Crippen LogP contribution in [-0.2, 0) is 19.6 Å². The molecule has 0 unspecified atom stereocenters. The summed E-state index contributed by atoms with van der Waals surface area (Å²) >= 11 is 0. The fourth-order valence-corrected chi connectivity index (χ4v) is 2.21. The van der Waals surface area contributed by atoms with E-state index in [0.717, 1.165) is 16.7 Å². The molecule has 3 heteroatoms. The topological polar surface area (TPSA) is 38.7 Å². The van der Waals surface area contributed by atoms with E-state index in [9.17, 15) is 5.11 Å². The monoisotopic (exact) mass is 284 g/mol. The van der Waals surface area contributed by atoms with Crippen molar-refractivity contribution in [2.75, 3.05) is 7.11 Å². The van der Waals surface area contributed by atoms with Gasteiger partial charge in [0.1, 0.15) is 6.61 Å². The Balaban J connectivity index is 2.32. The normalized spacial score (nSPS) is 10.2. The minimum Gasteiger partial charge on any atom is -0.493 e. The van der Waals surface area contributed by atoms with Gasteiger partial charge < -0.3 is 14.6 Å². The molecule has 0 radical (unpaired) electrons. The number of rotatable bonds is 7. The lowest BCUT2D eigenvalue weighted by molar-refractivity contribution is 0.268. The Morgan fingerprint density at radius 2 is 1.90 bits per heavy atom. The van der Waals surface area contributed by atoms with Crippen LogP contribution in [0, 0.1) is 0 Å². The molecule has 0 aliphatic rings. The van der Waals surface area contributed by atoms with E-state index in [2.05, 4.69) is 6.58 Å². The number of aliphatic hydroxyl groups excluding tert-OH is 1. The molecule has 0 heterocycles. The van der Waals surface area contributed by atoms with Crippen molar-refractivity contribution in [2.45, 2.75) is 19.6 Å². The zero-order valence-corrected chi connectivity index (χ0v) is 12.2. The molecular weight excluding hydrogens is 264 g/mol. The molecule has 2 rings (SSSR count). The van der Waals surface area contributed by atoms with Gasteiger partial charge in [0, 0.05) is 5.56 Å². The smallest absolute Gasteiger partial charge is 0.165 e. The van der Waals surface area contributed by atoms with Crippen molar-refractivity contribution in [2.24, 2.45) is 0 Å². The van der Waals surface area contributed by atoms with E-state index in [-0.39, 0.29) is 6.61 Å².